The normalized spacial score (nSPS) is 15.3. The number of Topliss-reactive ketones (excluding diaryl/α,β-unsaturated/α-hetero) is 2. The van der Waals surface area contributed by atoms with E-state index in [0.29, 0.717) is 12.0 Å². The first-order chi connectivity index (χ1) is 46.0. The minimum atomic E-state index is -1.95. The van der Waals surface area contributed by atoms with E-state index >= 15 is 0 Å². The van der Waals surface area contributed by atoms with Crippen LogP contribution in [0.2, 0.25) is 0 Å². The molecule has 0 spiro atoms. The van der Waals surface area contributed by atoms with Crippen molar-refractivity contribution in [1.82, 2.24) is 58.1 Å². The zero-order chi connectivity index (χ0) is 73.9. The number of benzene rings is 1. The van der Waals surface area contributed by atoms with Crippen LogP contribution in [0.5, 0.6) is 0 Å². The number of ether oxygens (including phenoxy) is 1. The molecule has 544 valence electrons. The van der Waals surface area contributed by atoms with E-state index in [-0.39, 0.29) is 67.8 Å². The first-order valence-corrected chi connectivity index (χ1v) is 32.7. The first-order valence-electron chi connectivity index (χ1n) is 31.3. The average Bonchev–Trinajstić information content (AvgIpc) is 1.62. The maximum Gasteiger partial charge on any atom is 0.303 e. The van der Waals surface area contributed by atoms with E-state index in [1.807, 2.05) is 0 Å². The summed E-state index contributed by atoms with van der Waals surface area (Å²) in [4.78, 5) is 232. The predicted molar refractivity (Wildman–Crippen MR) is 344 cm³/mol. The molecule has 1 aromatic rings. The lowest BCUT2D eigenvalue weighted by atomic mass is 10.0. The number of thioether (sulfide) groups is 1. The van der Waals surface area contributed by atoms with E-state index in [1.54, 1.807) is 20.1 Å². The van der Waals surface area contributed by atoms with E-state index in [2.05, 4.69) is 53.2 Å². The molecule has 0 unspecified atom stereocenters. The first kappa shape index (κ1) is 84.4. The number of nitrogens with one attached hydrogen (secondary N) is 10. The summed E-state index contributed by atoms with van der Waals surface area (Å²) in [5.74, 6) is -18.3. The maximum atomic E-state index is 14.2. The summed E-state index contributed by atoms with van der Waals surface area (Å²) in [7, 11) is 0. The van der Waals surface area contributed by atoms with Crippen LogP contribution in [0.1, 0.15) is 134 Å². The van der Waals surface area contributed by atoms with E-state index in [9.17, 15) is 107 Å². The maximum absolute atomic E-state index is 14.2. The van der Waals surface area contributed by atoms with E-state index in [4.69, 9.17) is 15.6 Å². The average molecular weight is 1410 g/mol. The van der Waals surface area contributed by atoms with E-state index in [1.165, 1.54) is 61.7 Å². The van der Waals surface area contributed by atoms with Crippen LogP contribution in [-0.4, -0.2) is 242 Å². The Balaban J connectivity index is 2.32. The van der Waals surface area contributed by atoms with Gasteiger partial charge in [0.05, 0.1) is 25.2 Å². The van der Waals surface area contributed by atoms with Crippen LogP contribution in [0.3, 0.4) is 0 Å². The fourth-order valence-electron chi connectivity index (χ4n) is 9.47. The molecule has 0 saturated carbocycles. The fourth-order valence-corrected chi connectivity index (χ4v) is 10.0. The number of carbonyl (C=O) groups excluding carboxylic acids is 13. The van der Waals surface area contributed by atoms with Gasteiger partial charge in [-0.05, 0) is 89.9 Å². The van der Waals surface area contributed by atoms with Crippen molar-refractivity contribution in [2.75, 3.05) is 44.9 Å². The standard InChI is InChI=1S/C61H90N12O24S/c1-31(2)26-42(55(90)64-28-46(76)66-44(30-98-6)60(95)65-32(3)33(4)74)72-61(96)45-8-7-24-73(45)47(77)29-97-25-23-63-54(89)43(27-35-9-11-36(12-10-35)34(5)75)71-59(94)41(17-22-52(86)87)70-58(93)40(16-21-51(84)85)69-57(92)39(15-20-50(82)83)68-56(91)38(14-19-49(80)81)67-53(88)37(62)13-18-48(78)79/h9-12,31-32,37-45H,7-8,13-30,62H2,1-6H3,(H,63,89)(H,64,90)(H,65,95)(H,66,76)(H,67,88)(H,68,91)(H,69,92)(H,70,93)(H,71,94)(H,72,96)(H,78,79)(H,80,81)(H,82,83)(H,84,85)(H,86,87)/t32-,37+,38+,39+,40+,41+,42-,43-,44-,45-/m0/s1. The second-order valence-electron chi connectivity index (χ2n) is 23.4. The third-order valence-electron chi connectivity index (χ3n) is 14.9. The molecular weight excluding hydrogens is 1320 g/mol. The Morgan fingerprint density at radius 1 is 0.541 bits per heavy atom. The molecule has 11 amide bonds. The number of hydrogen-bond donors (Lipinski definition) is 16. The molecule has 0 bridgehead atoms. The smallest absolute Gasteiger partial charge is 0.303 e. The lowest BCUT2D eigenvalue weighted by Crippen LogP contribution is -2.59. The molecule has 36 nitrogen and oxygen atoms in total. The number of hydrogen-bond acceptors (Lipinski definition) is 21. The van der Waals surface area contributed by atoms with Gasteiger partial charge in [0.1, 0.15) is 54.9 Å². The van der Waals surface area contributed by atoms with Crippen LogP contribution in [0.15, 0.2) is 24.3 Å². The SMILES string of the molecule is CSC[C@H](NC(=O)CNC(=O)[C@H](CC(C)C)NC(=O)[C@@H]1CCCN1C(=O)COCCNC(=O)[C@H](Cc1ccc(C(C)=O)cc1)NC(=O)[C@@H](CCC(=O)O)NC(=O)[C@@H](CCC(=O)O)NC(=O)[C@@H](CCC(=O)O)NC(=O)[C@@H](CCC(=O)O)NC(=O)[C@H](N)CCC(=O)O)C(=O)N[C@@H](C)C(C)=O. The summed E-state index contributed by atoms with van der Waals surface area (Å²) in [6, 6.07) is -8.83. The van der Waals surface area contributed by atoms with Gasteiger partial charge in [-0.1, -0.05) is 38.1 Å². The number of carbonyl (C=O) groups is 18. The number of likely N-dealkylation sites (tertiary alicyclic amines) is 1. The van der Waals surface area contributed by atoms with Gasteiger partial charge in [-0.15, -0.1) is 0 Å². The van der Waals surface area contributed by atoms with Crippen LogP contribution in [-0.2, 0) is 92.7 Å². The van der Waals surface area contributed by atoms with Gasteiger partial charge < -0.3 is 94.1 Å². The molecule has 2 rings (SSSR count). The van der Waals surface area contributed by atoms with Crippen molar-refractivity contribution in [2.45, 2.75) is 185 Å². The van der Waals surface area contributed by atoms with Crippen LogP contribution >= 0.6 is 11.8 Å². The Kier molecular flexibility index (Phi) is 37.5. The Morgan fingerprint density at radius 2 is 0.980 bits per heavy atom. The number of ketones is 2. The van der Waals surface area contributed by atoms with Crippen molar-refractivity contribution in [2.24, 2.45) is 11.7 Å². The van der Waals surface area contributed by atoms with Gasteiger partial charge in [0.15, 0.2) is 11.6 Å². The van der Waals surface area contributed by atoms with Crippen molar-refractivity contribution >= 4 is 118 Å². The van der Waals surface area contributed by atoms with Gasteiger partial charge in [0.25, 0.3) is 0 Å². The number of nitrogens with zero attached hydrogens (tertiary/aromatic N) is 1. The molecule has 17 N–H and O–H groups in total. The number of amides is 11. The highest BCUT2D eigenvalue weighted by molar-refractivity contribution is 7.98. The minimum absolute atomic E-state index is 0.129. The molecule has 1 heterocycles. The van der Waals surface area contributed by atoms with Crippen molar-refractivity contribution in [3.8, 4) is 0 Å². The topological polar surface area (TPSA) is 567 Å². The Morgan fingerprint density at radius 3 is 1.42 bits per heavy atom. The molecule has 1 saturated heterocycles. The molecule has 0 aliphatic carbocycles. The highest BCUT2D eigenvalue weighted by Crippen LogP contribution is 2.19. The largest absolute Gasteiger partial charge is 0.481 e. The highest BCUT2D eigenvalue weighted by Gasteiger charge is 2.38. The van der Waals surface area contributed by atoms with Crippen molar-refractivity contribution in [3.05, 3.63) is 35.4 Å². The summed E-state index contributed by atoms with van der Waals surface area (Å²) < 4.78 is 5.58. The Labute approximate surface area is 567 Å². The number of rotatable bonds is 47. The quantitative estimate of drug-likeness (QED) is 0.0220. The predicted octanol–water partition coefficient (Wildman–Crippen LogP) is -3.78. The summed E-state index contributed by atoms with van der Waals surface area (Å²) in [6.07, 6.45) is -4.96. The number of aliphatic carboxylic acids is 5. The van der Waals surface area contributed by atoms with E-state index < -0.39 is 233 Å². The van der Waals surface area contributed by atoms with Crippen molar-refractivity contribution in [1.29, 1.82) is 0 Å². The van der Waals surface area contributed by atoms with Gasteiger partial charge in [-0.2, -0.15) is 11.8 Å². The molecule has 1 fully saturated rings. The van der Waals surface area contributed by atoms with Crippen molar-refractivity contribution < 1.29 is 117 Å². The molecule has 37 heteroatoms. The number of carboxylic acids is 5. The van der Waals surface area contributed by atoms with Crippen LogP contribution < -0.4 is 58.9 Å². The molecule has 0 aromatic heterocycles. The van der Waals surface area contributed by atoms with Crippen LogP contribution in [0.4, 0.5) is 0 Å². The third-order valence-corrected chi connectivity index (χ3v) is 15.6. The summed E-state index contributed by atoms with van der Waals surface area (Å²) in [5, 5.41) is 71.0. The monoisotopic (exact) mass is 1410 g/mol. The van der Waals surface area contributed by atoms with Gasteiger partial charge in [0, 0.05) is 62.9 Å². The zero-order valence-corrected chi connectivity index (χ0v) is 56.0. The minimum Gasteiger partial charge on any atom is -0.481 e. The van der Waals surface area contributed by atoms with Crippen LogP contribution in [0.25, 0.3) is 0 Å². The molecule has 1 aromatic carbocycles. The van der Waals surface area contributed by atoms with Gasteiger partial charge in [-0.3, -0.25) is 86.3 Å². The fraction of sp³-hybridized carbons (Fsp3) is 0.607. The molecule has 98 heavy (non-hydrogen) atoms. The molecular formula is C61H90N12O24S. The molecule has 0 radical (unpaired) electrons. The second-order valence-corrected chi connectivity index (χ2v) is 24.4. The van der Waals surface area contributed by atoms with Gasteiger partial charge in [-0.25, -0.2) is 0 Å². The Bertz CT molecular complexity index is 3040. The molecule has 1 aliphatic rings. The summed E-state index contributed by atoms with van der Waals surface area (Å²) >= 11 is 1.26. The zero-order valence-electron chi connectivity index (χ0n) is 55.2. The lowest BCUT2D eigenvalue weighted by molar-refractivity contribution is -0.142. The Hall–Kier alpha value is -9.65. The second kappa shape index (κ2) is 43.5. The highest BCUT2D eigenvalue weighted by atomic mass is 32.2. The van der Waals surface area contributed by atoms with Crippen molar-refractivity contribution in [3.63, 3.8) is 0 Å². The summed E-state index contributed by atoms with van der Waals surface area (Å²) in [5.41, 5.74) is 6.40. The molecule has 10 atom stereocenters. The van der Waals surface area contributed by atoms with Gasteiger partial charge >= 0.3 is 29.8 Å². The van der Waals surface area contributed by atoms with Gasteiger partial charge in [0.2, 0.25) is 65.0 Å². The lowest BCUT2D eigenvalue weighted by Gasteiger charge is -2.27. The van der Waals surface area contributed by atoms with E-state index in [0.717, 1.165) is 0 Å². The number of carboxylic acid groups (broad SMARTS) is 5. The summed E-state index contributed by atoms with van der Waals surface area (Å²) in [6.45, 7) is 5.98. The number of nitrogens with two attached hydrogens (primary N) is 1. The van der Waals surface area contributed by atoms with Crippen LogP contribution in [0, 0.1) is 5.92 Å². The third kappa shape index (κ3) is 32.4. The molecule has 1 aliphatic heterocycles.